The van der Waals surface area contributed by atoms with Gasteiger partial charge in [-0.3, -0.25) is 4.79 Å². The molecule has 1 amide bonds. The molecule has 2 aromatic carbocycles. The topological polar surface area (TPSA) is 44.4 Å². The first-order valence-corrected chi connectivity index (χ1v) is 8.64. The summed E-state index contributed by atoms with van der Waals surface area (Å²) in [7, 11) is 0. The summed E-state index contributed by atoms with van der Waals surface area (Å²) in [4.78, 5) is 14.4. The number of carbonyl (C=O) groups is 1. The van der Waals surface area contributed by atoms with Crippen molar-refractivity contribution in [2.24, 2.45) is 0 Å². The maximum absolute atomic E-state index is 13.8. The maximum atomic E-state index is 13.8. The quantitative estimate of drug-likeness (QED) is 0.813. The van der Waals surface area contributed by atoms with Crippen molar-refractivity contribution in [3.63, 3.8) is 0 Å². The van der Waals surface area contributed by atoms with Crippen LogP contribution in [0.25, 0.3) is 12.2 Å². The minimum absolute atomic E-state index is 0.0131. The van der Waals surface area contributed by atoms with Crippen LogP contribution in [0.5, 0.6) is 0 Å². The van der Waals surface area contributed by atoms with E-state index in [0.29, 0.717) is 12.0 Å². The van der Waals surface area contributed by atoms with Crippen molar-refractivity contribution in [1.82, 2.24) is 5.32 Å². The van der Waals surface area contributed by atoms with Crippen molar-refractivity contribution in [2.75, 3.05) is 29.9 Å². The second-order valence-corrected chi connectivity index (χ2v) is 6.58. The smallest absolute Gasteiger partial charge is 0.226 e. The first-order valence-electron chi connectivity index (χ1n) is 8.64. The summed E-state index contributed by atoms with van der Waals surface area (Å²) >= 11 is 0. The van der Waals surface area contributed by atoms with E-state index < -0.39 is 11.6 Å². The molecule has 1 atom stereocenters. The Balaban J connectivity index is 1.66. The summed E-state index contributed by atoms with van der Waals surface area (Å²) in [5.74, 6) is -1.17. The number of amides is 1. The zero-order valence-corrected chi connectivity index (χ0v) is 14.1. The fourth-order valence-electron chi connectivity index (χ4n) is 3.49. The number of piperazine rings is 1. The molecule has 4 nitrogen and oxygen atoms in total. The van der Waals surface area contributed by atoms with Gasteiger partial charge in [-0.15, -0.1) is 0 Å². The molecule has 4 rings (SSSR count). The Morgan fingerprint density at radius 2 is 2.00 bits per heavy atom. The van der Waals surface area contributed by atoms with E-state index >= 15 is 0 Å². The number of carbonyl (C=O) groups excluding carboxylic acids is 1. The molecule has 26 heavy (non-hydrogen) atoms. The lowest BCUT2D eigenvalue weighted by Crippen LogP contribution is -2.51. The lowest BCUT2D eigenvalue weighted by atomic mass is 10.1. The SMILES string of the molecule is O=C1CC2CNCCN2c2cc(C=Cc3ccc(F)cc3F)ccc2N1. The van der Waals surface area contributed by atoms with Gasteiger partial charge in [0, 0.05) is 37.7 Å². The van der Waals surface area contributed by atoms with Gasteiger partial charge in [0.25, 0.3) is 0 Å². The van der Waals surface area contributed by atoms with Crippen molar-refractivity contribution in [2.45, 2.75) is 12.5 Å². The minimum Gasteiger partial charge on any atom is -0.364 e. The maximum Gasteiger partial charge on any atom is 0.226 e. The normalized spacial score (nSPS) is 19.7. The average molecular weight is 355 g/mol. The summed E-state index contributed by atoms with van der Waals surface area (Å²) < 4.78 is 26.8. The van der Waals surface area contributed by atoms with E-state index in [1.165, 1.54) is 12.1 Å². The predicted octanol–water partition coefficient (Wildman–Crippen LogP) is 3.26. The molecule has 1 fully saturated rings. The van der Waals surface area contributed by atoms with Gasteiger partial charge in [0.1, 0.15) is 11.6 Å². The van der Waals surface area contributed by atoms with Gasteiger partial charge in [0.05, 0.1) is 17.4 Å². The third-order valence-corrected chi connectivity index (χ3v) is 4.79. The predicted molar refractivity (Wildman–Crippen MR) is 99.0 cm³/mol. The van der Waals surface area contributed by atoms with Crippen LogP contribution >= 0.6 is 0 Å². The first kappa shape index (κ1) is 16.7. The minimum atomic E-state index is -0.592. The average Bonchev–Trinajstić information content (AvgIpc) is 2.76. The standard InChI is InChI=1S/C20H19F2N3O/c21-15-5-4-14(17(22)10-15)3-1-13-2-6-18-19(9-13)25-8-7-23-12-16(25)11-20(26)24-18/h1-6,9-10,16,23H,7-8,11-12H2,(H,24,26). The zero-order valence-electron chi connectivity index (χ0n) is 14.1. The summed E-state index contributed by atoms with van der Waals surface area (Å²) in [6.07, 6.45) is 3.87. The van der Waals surface area contributed by atoms with Gasteiger partial charge in [-0.2, -0.15) is 0 Å². The lowest BCUT2D eigenvalue weighted by molar-refractivity contribution is -0.116. The summed E-state index contributed by atoms with van der Waals surface area (Å²) in [5, 5.41) is 6.29. The molecule has 0 saturated carbocycles. The monoisotopic (exact) mass is 355 g/mol. The molecular weight excluding hydrogens is 336 g/mol. The Hall–Kier alpha value is -2.73. The number of anilines is 2. The molecule has 1 unspecified atom stereocenters. The van der Waals surface area contributed by atoms with Crippen molar-refractivity contribution < 1.29 is 13.6 Å². The molecule has 134 valence electrons. The molecule has 2 heterocycles. The highest BCUT2D eigenvalue weighted by Gasteiger charge is 2.29. The van der Waals surface area contributed by atoms with Crippen molar-refractivity contribution >= 4 is 29.4 Å². The van der Waals surface area contributed by atoms with Gasteiger partial charge < -0.3 is 15.5 Å². The van der Waals surface area contributed by atoms with Crippen molar-refractivity contribution in [1.29, 1.82) is 0 Å². The van der Waals surface area contributed by atoms with Crippen LogP contribution in [0.3, 0.4) is 0 Å². The second kappa shape index (κ2) is 6.88. The highest BCUT2D eigenvalue weighted by Crippen LogP contribution is 2.33. The van der Waals surface area contributed by atoms with Crippen LogP contribution in [0.2, 0.25) is 0 Å². The van der Waals surface area contributed by atoms with E-state index in [9.17, 15) is 13.6 Å². The highest BCUT2D eigenvalue weighted by atomic mass is 19.1. The van der Waals surface area contributed by atoms with Gasteiger partial charge in [0.15, 0.2) is 0 Å². The molecule has 0 bridgehead atoms. The number of halogens is 2. The molecule has 1 saturated heterocycles. The van der Waals surface area contributed by atoms with E-state index in [0.717, 1.165) is 42.6 Å². The summed E-state index contributed by atoms with van der Waals surface area (Å²) in [6, 6.07) is 9.39. The number of benzene rings is 2. The van der Waals surface area contributed by atoms with Crippen LogP contribution in [-0.2, 0) is 4.79 Å². The van der Waals surface area contributed by atoms with E-state index in [4.69, 9.17) is 0 Å². The van der Waals surface area contributed by atoms with E-state index in [-0.39, 0.29) is 11.9 Å². The van der Waals surface area contributed by atoms with Crippen LogP contribution in [-0.4, -0.2) is 31.6 Å². The molecule has 0 aliphatic carbocycles. The molecule has 2 aliphatic heterocycles. The fourth-order valence-corrected chi connectivity index (χ4v) is 3.49. The molecule has 2 N–H and O–H groups in total. The van der Waals surface area contributed by atoms with Crippen LogP contribution in [0.15, 0.2) is 36.4 Å². The highest BCUT2D eigenvalue weighted by molar-refractivity contribution is 5.97. The fraction of sp³-hybridized carbons (Fsp3) is 0.250. The Labute approximate surface area is 150 Å². The molecule has 0 spiro atoms. The number of hydrogen-bond donors (Lipinski definition) is 2. The number of hydrogen-bond acceptors (Lipinski definition) is 3. The molecular formula is C20H19F2N3O. The molecule has 0 radical (unpaired) electrons. The number of nitrogens with one attached hydrogen (secondary N) is 2. The van der Waals surface area contributed by atoms with Crippen LogP contribution in [0.4, 0.5) is 20.2 Å². The van der Waals surface area contributed by atoms with Crippen LogP contribution < -0.4 is 15.5 Å². The lowest BCUT2D eigenvalue weighted by Gasteiger charge is -2.36. The van der Waals surface area contributed by atoms with Gasteiger partial charge in [0.2, 0.25) is 5.91 Å². The molecule has 2 aliphatic rings. The van der Waals surface area contributed by atoms with Crippen molar-refractivity contribution in [3.05, 3.63) is 59.2 Å². The van der Waals surface area contributed by atoms with Crippen LogP contribution in [0.1, 0.15) is 17.5 Å². The Kier molecular flexibility index (Phi) is 4.42. The first-order chi connectivity index (χ1) is 12.6. The third kappa shape index (κ3) is 3.32. The van der Waals surface area contributed by atoms with E-state index in [1.807, 2.05) is 18.2 Å². The van der Waals surface area contributed by atoms with E-state index in [1.54, 1.807) is 12.2 Å². The van der Waals surface area contributed by atoms with E-state index in [2.05, 4.69) is 15.5 Å². The third-order valence-electron chi connectivity index (χ3n) is 4.79. The number of fused-ring (bicyclic) bond motifs is 3. The molecule has 2 aromatic rings. The second-order valence-electron chi connectivity index (χ2n) is 6.58. The van der Waals surface area contributed by atoms with Gasteiger partial charge >= 0.3 is 0 Å². The largest absolute Gasteiger partial charge is 0.364 e. The Morgan fingerprint density at radius 3 is 2.85 bits per heavy atom. The Morgan fingerprint density at radius 1 is 1.12 bits per heavy atom. The Bertz CT molecular complexity index is 881. The number of rotatable bonds is 2. The number of nitrogens with zero attached hydrogens (tertiary/aromatic N) is 1. The molecule has 0 aromatic heterocycles. The summed E-state index contributed by atoms with van der Waals surface area (Å²) in [6.45, 7) is 2.46. The zero-order chi connectivity index (χ0) is 18.1. The van der Waals surface area contributed by atoms with Crippen LogP contribution in [0, 0.1) is 11.6 Å². The molecule has 6 heteroatoms. The van der Waals surface area contributed by atoms with Gasteiger partial charge in [-0.1, -0.05) is 18.2 Å². The van der Waals surface area contributed by atoms with Gasteiger partial charge in [-0.25, -0.2) is 8.78 Å². The van der Waals surface area contributed by atoms with Crippen molar-refractivity contribution in [3.8, 4) is 0 Å². The summed E-state index contributed by atoms with van der Waals surface area (Å²) in [5.41, 5.74) is 2.99. The van der Waals surface area contributed by atoms with Gasteiger partial charge in [-0.05, 0) is 29.8 Å².